The zero-order chi connectivity index (χ0) is 16.9. The highest BCUT2D eigenvalue weighted by atomic mass is 16.5. The first-order valence-electron chi connectivity index (χ1n) is 8.33. The molecule has 0 saturated carbocycles. The fourth-order valence-corrected chi connectivity index (χ4v) is 2.69. The molecule has 2 nitrogen and oxygen atoms in total. The van der Waals surface area contributed by atoms with Crippen molar-refractivity contribution < 1.29 is 4.74 Å². The third kappa shape index (κ3) is 3.60. The number of anilines is 3. The summed E-state index contributed by atoms with van der Waals surface area (Å²) in [6.45, 7) is 6.89. The van der Waals surface area contributed by atoms with Crippen LogP contribution in [0.5, 0.6) is 5.75 Å². The van der Waals surface area contributed by atoms with E-state index in [1.165, 1.54) is 11.1 Å². The summed E-state index contributed by atoms with van der Waals surface area (Å²) in [6, 6.07) is 25.5. The fourth-order valence-electron chi connectivity index (χ4n) is 2.69. The summed E-state index contributed by atoms with van der Waals surface area (Å²) in [5.41, 5.74) is 5.93. The molecule has 0 aliphatic carbocycles. The number of nitrogens with zero attached hydrogens (tertiary/aromatic N) is 1. The van der Waals surface area contributed by atoms with Gasteiger partial charge in [0.2, 0.25) is 0 Å². The van der Waals surface area contributed by atoms with E-state index >= 15 is 0 Å². The Labute approximate surface area is 144 Å². The molecule has 0 bridgehead atoms. The molecule has 0 N–H and O–H groups in total. The van der Waals surface area contributed by atoms with Gasteiger partial charge in [-0.15, -0.1) is 0 Å². The van der Waals surface area contributed by atoms with Crippen LogP contribution in [-0.2, 0) is 0 Å². The Hall–Kier alpha value is -2.74. The van der Waals surface area contributed by atoms with Gasteiger partial charge in [-0.05, 0) is 69.3 Å². The van der Waals surface area contributed by atoms with Crippen LogP contribution >= 0.6 is 0 Å². The number of hydrogen-bond acceptors (Lipinski definition) is 2. The van der Waals surface area contributed by atoms with Gasteiger partial charge in [0, 0.05) is 17.1 Å². The Bertz CT molecular complexity index is 728. The van der Waals surface area contributed by atoms with Gasteiger partial charge in [-0.25, -0.2) is 0 Å². The molecule has 0 fully saturated rings. The average Bonchev–Trinajstić information content (AvgIpc) is 2.60. The average molecular weight is 317 g/mol. The molecule has 0 radical (unpaired) electrons. The summed E-state index contributed by atoms with van der Waals surface area (Å²) in [7, 11) is 0. The Morgan fingerprint density at radius 3 is 1.38 bits per heavy atom. The molecule has 2 heteroatoms. The van der Waals surface area contributed by atoms with E-state index < -0.39 is 0 Å². The summed E-state index contributed by atoms with van der Waals surface area (Å²) in [4.78, 5) is 2.26. The van der Waals surface area contributed by atoms with Crippen LogP contribution in [0.15, 0.2) is 72.8 Å². The maximum Gasteiger partial charge on any atom is 0.119 e. The summed E-state index contributed by atoms with van der Waals surface area (Å²) < 4.78 is 5.56. The maximum atomic E-state index is 5.56. The van der Waals surface area contributed by atoms with Crippen molar-refractivity contribution in [2.75, 3.05) is 11.5 Å². The monoisotopic (exact) mass is 317 g/mol. The molecule has 0 aromatic heterocycles. The Morgan fingerprint density at radius 2 is 1.00 bits per heavy atom. The van der Waals surface area contributed by atoms with Gasteiger partial charge in [0.1, 0.15) is 5.75 Å². The first-order chi connectivity index (χ1) is 11.7. The van der Waals surface area contributed by atoms with E-state index in [4.69, 9.17) is 4.74 Å². The molecule has 0 unspecified atom stereocenters. The lowest BCUT2D eigenvalue weighted by Gasteiger charge is -2.26. The third-order valence-corrected chi connectivity index (χ3v) is 3.99. The minimum Gasteiger partial charge on any atom is -0.494 e. The van der Waals surface area contributed by atoms with Crippen molar-refractivity contribution in [1.82, 2.24) is 0 Å². The first-order valence-corrected chi connectivity index (χ1v) is 8.33. The molecule has 0 aliphatic rings. The predicted molar refractivity (Wildman–Crippen MR) is 102 cm³/mol. The number of ether oxygens (including phenoxy) is 1. The van der Waals surface area contributed by atoms with Crippen LogP contribution < -0.4 is 9.64 Å². The van der Waals surface area contributed by atoms with Crippen molar-refractivity contribution in [3.63, 3.8) is 0 Å². The van der Waals surface area contributed by atoms with E-state index in [0.29, 0.717) is 6.61 Å². The van der Waals surface area contributed by atoms with Crippen molar-refractivity contribution in [3.8, 4) is 5.75 Å². The molecule has 3 aromatic rings. The topological polar surface area (TPSA) is 12.5 Å². The van der Waals surface area contributed by atoms with Crippen molar-refractivity contribution in [2.45, 2.75) is 20.8 Å². The molecule has 3 aromatic carbocycles. The largest absolute Gasteiger partial charge is 0.494 e. The van der Waals surface area contributed by atoms with E-state index in [1.807, 2.05) is 19.1 Å². The summed E-state index contributed by atoms with van der Waals surface area (Å²) in [6.07, 6.45) is 0. The van der Waals surface area contributed by atoms with E-state index in [-0.39, 0.29) is 0 Å². The zero-order valence-corrected chi connectivity index (χ0v) is 14.5. The maximum absolute atomic E-state index is 5.56. The molecule has 3 rings (SSSR count). The van der Waals surface area contributed by atoms with Crippen LogP contribution in [0, 0.1) is 13.8 Å². The second-order valence-electron chi connectivity index (χ2n) is 5.93. The molecule has 24 heavy (non-hydrogen) atoms. The van der Waals surface area contributed by atoms with E-state index in [0.717, 1.165) is 22.8 Å². The zero-order valence-electron chi connectivity index (χ0n) is 14.5. The number of hydrogen-bond donors (Lipinski definition) is 0. The normalized spacial score (nSPS) is 10.5. The lowest BCUT2D eigenvalue weighted by atomic mass is 10.1. The molecular weight excluding hydrogens is 294 g/mol. The SMILES string of the molecule is CCOc1ccc(N(c2ccc(C)cc2)c2ccc(C)cc2)cc1. The highest BCUT2D eigenvalue weighted by Gasteiger charge is 2.12. The summed E-state index contributed by atoms with van der Waals surface area (Å²) in [5, 5.41) is 0. The molecule has 0 saturated heterocycles. The van der Waals surface area contributed by atoms with Gasteiger partial charge in [0.25, 0.3) is 0 Å². The highest BCUT2D eigenvalue weighted by molar-refractivity contribution is 5.76. The van der Waals surface area contributed by atoms with E-state index in [1.54, 1.807) is 0 Å². The second kappa shape index (κ2) is 7.22. The van der Waals surface area contributed by atoms with Gasteiger partial charge in [-0.2, -0.15) is 0 Å². The lowest BCUT2D eigenvalue weighted by Crippen LogP contribution is -2.09. The quantitative estimate of drug-likeness (QED) is 0.558. The molecule has 0 atom stereocenters. The number of benzene rings is 3. The number of rotatable bonds is 5. The fraction of sp³-hybridized carbons (Fsp3) is 0.182. The van der Waals surface area contributed by atoms with E-state index in [2.05, 4.69) is 79.4 Å². The van der Waals surface area contributed by atoms with Crippen LogP contribution in [0.1, 0.15) is 18.1 Å². The lowest BCUT2D eigenvalue weighted by molar-refractivity contribution is 0.340. The van der Waals surface area contributed by atoms with E-state index in [9.17, 15) is 0 Å². The van der Waals surface area contributed by atoms with Crippen molar-refractivity contribution in [2.24, 2.45) is 0 Å². The molecule has 0 spiro atoms. The second-order valence-corrected chi connectivity index (χ2v) is 5.93. The smallest absolute Gasteiger partial charge is 0.119 e. The Kier molecular flexibility index (Phi) is 4.85. The molecule has 0 heterocycles. The predicted octanol–water partition coefficient (Wildman–Crippen LogP) is 6.17. The first kappa shape index (κ1) is 16.1. The van der Waals surface area contributed by atoms with Crippen LogP contribution in [0.4, 0.5) is 17.1 Å². The van der Waals surface area contributed by atoms with Gasteiger partial charge in [0.05, 0.1) is 6.61 Å². The minimum absolute atomic E-state index is 0.680. The minimum atomic E-state index is 0.680. The molecule has 0 amide bonds. The van der Waals surface area contributed by atoms with Gasteiger partial charge in [0.15, 0.2) is 0 Å². The van der Waals surface area contributed by atoms with Crippen LogP contribution in [0.25, 0.3) is 0 Å². The highest BCUT2D eigenvalue weighted by Crippen LogP contribution is 2.35. The van der Waals surface area contributed by atoms with Crippen molar-refractivity contribution in [1.29, 1.82) is 0 Å². The standard InChI is InChI=1S/C22H23NO/c1-4-24-22-15-13-21(14-16-22)23(19-9-5-17(2)6-10-19)20-11-7-18(3)8-12-20/h5-16H,4H2,1-3H3. The van der Waals surface area contributed by atoms with Crippen LogP contribution in [0.2, 0.25) is 0 Å². The summed E-state index contributed by atoms with van der Waals surface area (Å²) in [5.74, 6) is 0.897. The van der Waals surface area contributed by atoms with Crippen molar-refractivity contribution in [3.05, 3.63) is 83.9 Å². The number of aryl methyl sites for hydroxylation is 2. The van der Waals surface area contributed by atoms with Gasteiger partial charge in [-0.3, -0.25) is 0 Å². The third-order valence-electron chi connectivity index (χ3n) is 3.99. The van der Waals surface area contributed by atoms with Gasteiger partial charge < -0.3 is 9.64 Å². The van der Waals surface area contributed by atoms with Crippen LogP contribution in [0.3, 0.4) is 0 Å². The molecule has 0 aliphatic heterocycles. The van der Waals surface area contributed by atoms with Gasteiger partial charge in [-0.1, -0.05) is 35.4 Å². The van der Waals surface area contributed by atoms with Crippen LogP contribution in [-0.4, -0.2) is 6.61 Å². The Morgan fingerprint density at radius 1 is 0.625 bits per heavy atom. The van der Waals surface area contributed by atoms with Crippen molar-refractivity contribution >= 4 is 17.1 Å². The Balaban J connectivity index is 2.04. The molecule has 122 valence electrons. The summed E-state index contributed by atoms with van der Waals surface area (Å²) >= 11 is 0. The van der Waals surface area contributed by atoms with Gasteiger partial charge >= 0.3 is 0 Å². The molecular formula is C22H23NO.